The molecular weight excluding hydrogens is 309 g/mol. The molecule has 1 aliphatic rings. The highest BCUT2D eigenvalue weighted by Gasteiger charge is 2.22. The summed E-state index contributed by atoms with van der Waals surface area (Å²) in [7, 11) is 1.68. The highest BCUT2D eigenvalue weighted by atomic mass is 19.1. The van der Waals surface area contributed by atoms with Gasteiger partial charge in [0.15, 0.2) is 0 Å². The van der Waals surface area contributed by atoms with E-state index in [-0.39, 0.29) is 11.9 Å². The number of aromatic amines is 1. The molecule has 0 amide bonds. The molecule has 1 N–H and O–H groups in total. The number of likely N-dealkylation sites (tertiary alicyclic amines) is 1. The third-order valence-electron chi connectivity index (χ3n) is 4.36. The molecule has 2 heterocycles. The first-order chi connectivity index (χ1) is 11.8. The van der Waals surface area contributed by atoms with Crippen LogP contribution in [-0.4, -0.2) is 54.6 Å². The lowest BCUT2D eigenvalue weighted by molar-refractivity contribution is -0.0223. The molecule has 24 heavy (non-hydrogen) atoms. The van der Waals surface area contributed by atoms with Crippen LogP contribution in [0.5, 0.6) is 0 Å². The van der Waals surface area contributed by atoms with Gasteiger partial charge in [0.1, 0.15) is 5.82 Å². The van der Waals surface area contributed by atoms with Crippen LogP contribution in [0.25, 0.3) is 11.3 Å². The minimum atomic E-state index is -0.234. The number of aromatic nitrogens is 2. The third-order valence-corrected chi connectivity index (χ3v) is 4.36. The molecule has 1 aliphatic heterocycles. The van der Waals surface area contributed by atoms with Crippen LogP contribution in [0.4, 0.5) is 4.39 Å². The number of nitrogens with zero attached hydrogens (tertiary/aromatic N) is 2. The van der Waals surface area contributed by atoms with Gasteiger partial charge in [0.2, 0.25) is 0 Å². The fraction of sp³-hybridized carbons (Fsp3) is 0.500. The zero-order chi connectivity index (χ0) is 16.8. The number of benzene rings is 1. The maximum absolute atomic E-state index is 14.1. The number of piperidine rings is 1. The summed E-state index contributed by atoms with van der Waals surface area (Å²) in [5.74, 6) is -0.234. The molecule has 1 fully saturated rings. The molecule has 1 aromatic carbocycles. The van der Waals surface area contributed by atoms with Crippen molar-refractivity contribution in [1.29, 1.82) is 0 Å². The number of halogens is 1. The average molecular weight is 333 g/mol. The molecular formula is C18H24FN3O2. The number of rotatable bonds is 7. The van der Waals surface area contributed by atoms with E-state index in [2.05, 4.69) is 15.1 Å². The standard InChI is InChI=1S/C18H24FN3O2/c1-23-9-10-24-15-5-4-8-22(13-15)12-14-11-20-21-18(14)16-6-2-3-7-17(16)19/h2-3,6-7,11,15H,4-5,8-10,12-13H2,1H3,(H,20,21). The third kappa shape index (κ3) is 4.20. The number of methoxy groups -OCH3 is 1. The summed E-state index contributed by atoms with van der Waals surface area (Å²) in [6.07, 6.45) is 4.20. The Labute approximate surface area is 141 Å². The largest absolute Gasteiger partial charge is 0.382 e. The molecule has 1 unspecified atom stereocenters. The van der Waals surface area contributed by atoms with Crippen LogP contribution in [-0.2, 0) is 16.0 Å². The molecule has 2 aromatic rings. The number of hydrogen-bond acceptors (Lipinski definition) is 4. The summed E-state index contributed by atoms with van der Waals surface area (Å²) in [5, 5.41) is 7.06. The van der Waals surface area contributed by atoms with Gasteiger partial charge in [-0.3, -0.25) is 10.00 Å². The van der Waals surface area contributed by atoms with Crippen molar-refractivity contribution in [3.63, 3.8) is 0 Å². The Morgan fingerprint density at radius 3 is 3.04 bits per heavy atom. The molecule has 1 saturated heterocycles. The van der Waals surface area contributed by atoms with E-state index in [1.165, 1.54) is 6.07 Å². The highest BCUT2D eigenvalue weighted by Crippen LogP contribution is 2.26. The monoisotopic (exact) mass is 333 g/mol. The van der Waals surface area contributed by atoms with Crippen molar-refractivity contribution in [3.05, 3.63) is 41.8 Å². The second kappa shape index (κ2) is 8.37. The van der Waals surface area contributed by atoms with Gasteiger partial charge in [-0.05, 0) is 31.5 Å². The minimum Gasteiger partial charge on any atom is -0.382 e. The molecule has 0 aliphatic carbocycles. The van der Waals surface area contributed by atoms with E-state index < -0.39 is 0 Å². The van der Waals surface area contributed by atoms with E-state index in [0.29, 0.717) is 18.8 Å². The molecule has 1 atom stereocenters. The molecule has 0 bridgehead atoms. The van der Waals surface area contributed by atoms with Crippen molar-refractivity contribution in [2.75, 3.05) is 33.4 Å². The van der Waals surface area contributed by atoms with Crippen LogP contribution < -0.4 is 0 Å². The van der Waals surface area contributed by atoms with Crippen LogP contribution in [0, 0.1) is 5.82 Å². The summed E-state index contributed by atoms with van der Waals surface area (Å²) >= 11 is 0. The van der Waals surface area contributed by atoms with Gasteiger partial charge in [-0.15, -0.1) is 0 Å². The van der Waals surface area contributed by atoms with Gasteiger partial charge in [0.05, 0.1) is 31.2 Å². The van der Waals surface area contributed by atoms with Crippen LogP contribution in [0.2, 0.25) is 0 Å². The van der Waals surface area contributed by atoms with E-state index >= 15 is 0 Å². The Kier molecular flexibility index (Phi) is 5.96. The molecule has 0 saturated carbocycles. The summed E-state index contributed by atoms with van der Waals surface area (Å²) in [5.41, 5.74) is 2.34. The molecule has 0 radical (unpaired) electrons. The maximum Gasteiger partial charge on any atom is 0.132 e. The van der Waals surface area contributed by atoms with Crippen molar-refractivity contribution in [2.45, 2.75) is 25.5 Å². The normalized spacial score (nSPS) is 18.8. The predicted octanol–water partition coefficient (Wildman–Crippen LogP) is 2.84. The lowest BCUT2D eigenvalue weighted by Gasteiger charge is -2.32. The number of nitrogens with one attached hydrogen (secondary N) is 1. The molecule has 130 valence electrons. The Balaban J connectivity index is 1.64. The zero-order valence-electron chi connectivity index (χ0n) is 14.0. The Bertz CT molecular complexity index is 647. The first-order valence-electron chi connectivity index (χ1n) is 8.38. The first kappa shape index (κ1) is 17.1. The quantitative estimate of drug-likeness (QED) is 0.792. The number of hydrogen-bond donors (Lipinski definition) is 1. The van der Waals surface area contributed by atoms with Gasteiger partial charge in [0, 0.05) is 31.3 Å². The summed E-state index contributed by atoms with van der Waals surface area (Å²) in [6, 6.07) is 6.78. The van der Waals surface area contributed by atoms with E-state index in [0.717, 1.165) is 43.7 Å². The average Bonchev–Trinajstić information content (AvgIpc) is 3.04. The van der Waals surface area contributed by atoms with Gasteiger partial charge in [-0.2, -0.15) is 5.10 Å². The topological polar surface area (TPSA) is 50.4 Å². The summed E-state index contributed by atoms with van der Waals surface area (Å²) in [6.45, 7) is 3.89. The van der Waals surface area contributed by atoms with Gasteiger partial charge < -0.3 is 9.47 Å². The Morgan fingerprint density at radius 1 is 1.33 bits per heavy atom. The van der Waals surface area contributed by atoms with Crippen LogP contribution in [0.3, 0.4) is 0 Å². The van der Waals surface area contributed by atoms with Crippen molar-refractivity contribution < 1.29 is 13.9 Å². The Hall–Kier alpha value is -1.76. The molecule has 6 heteroatoms. The van der Waals surface area contributed by atoms with Gasteiger partial charge >= 0.3 is 0 Å². The summed E-state index contributed by atoms with van der Waals surface area (Å²) < 4.78 is 24.9. The number of ether oxygens (including phenoxy) is 2. The van der Waals surface area contributed by atoms with Crippen LogP contribution >= 0.6 is 0 Å². The molecule has 1 aromatic heterocycles. The van der Waals surface area contributed by atoms with Gasteiger partial charge in [-0.1, -0.05) is 12.1 Å². The Morgan fingerprint density at radius 2 is 2.21 bits per heavy atom. The van der Waals surface area contributed by atoms with E-state index in [9.17, 15) is 4.39 Å². The molecule has 5 nitrogen and oxygen atoms in total. The van der Waals surface area contributed by atoms with Gasteiger partial charge in [0.25, 0.3) is 0 Å². The fourth-order valence-corrected chi connectivity index (χ4v) is 3.16. The smallest absolute Gasteiger partial charge is 0.132 e. The second-order valence-corrected chi connectivity index (χ2v) is 6.11. The van der Waals surface area contributed by atoms with E-state index in [1.54, 1.807) is 25.4 Å². The van der Waals surface area contributed by atoms with Crippen molar-refractivity contribution in [1.82, 2.24) is 15.1 Å². The van der Waals surface area contributed by atoms with Crippen molar-refractivity contribution >= 4 is 0 Å². The lowest BCUT2D eigenvalue weighted by atomic mass is 10.0. The SMILES string of the molecule is COCCOC1CCCN(Cc2cn[nH]c2-c2ccccc2F)C1. The maximum atomic E-state index is 14.1. The lowest BCUT2D eigenvalue weighted by Crippen LogP contribution is -2.39. The second-order valence-electron chi connectivity index (χ2n) is 6.11. The van der Waals surface area contributed by atoms with Crippen molar-refractivity contribution in [2.24, 2.45) is 0 Å². The summed E-state index contributed by atoms with van der Waals surface area (Å²) in [4.78, 5) is 2.34. The fourth-order valence-electron chi connectivity index (χ4n) is 3.16. The zero-order valence-corrected chi connectivity index (χ0v) is 14.0. The highest BCUT2D eigenvalue weighted by molar-refractivity contribution is 5.63. The molecule has 0 spiro atoms. The first-order valence-corrected chi connectivity index (χ1v) is 8.38. The van der Waals surface area contributed by atoms with E-state index in [1.807, 2.05) is 6.07 Å². The van der Waals surface area contributed by atoms with E-state index in [4.69, 9.17) is 9.47 Å². The molecule has 3 rings (SSSR count). The van der Waals surface area contributed by atoms with Gasteiger partial charge in [-0.25, -0.2) is 4.39 Å². The minimum absolute atomic E-state index is 0.234. The van der Waals surface area contributed by atoms with Crippen molar-refractivity contribution in [3.8, 4) is 11.3 Å². The van der Waals surface area contributed by atoms with Crippen LogP contribution in [0.1, 0.15) is 18.4 Å². The predicted molar refractivity (Wildman–Crippen MR) is 90.1 cm³/mol. The van der Waals surface area contributed by atoms with Crippen LogP contribution in [0.15, 0.2) is 30.5 Å². The number of H-pyrrole nitrogens is 1.